The van der Waals surface area contributed by atoms with Crippen molar-refractivity contribution in [3.8, 4) is 28.1 Å². The first-order valence-corrected chi connectivity index (χ1v) is 11.7. The number of aryl methyl sites for hydroxylation is 2. The minimum atomic E-state index is -0.604. The van der Waals surface area contributed by atoms with Gasteiger partial charge in [-0.25, -0.2) is 4.68 Å². The first kappa shape index (κ1) is 23.7. The molecule has 0 bridgehead atoms. The Kier molecular flexibility index (Phi) is 6.15. The van der Waals surface area contributed by atoms with Crippen LogP contribution in [0.4, 0.5) is 5.88 Å². The highest BCUT2D eigenvalue weighted by atomic mass is 16.5. The van der Waals surface area contributed by atoms with Crippen molar-refractivity contribution in [2.24, 2.45) is 5.73 Å². The molecule has 2 heterocycles. The molecule has 0 aliphatic rings. The van der Waals surface area contributed by atoms with E-state index in [1.807, 2.05) is 67.9 Å². The standard InChI is InChI=1S/C29H25N5O3/c1-17-11-7-8-14-21(17)28(36)31-29-25(22-15-9-10-16-23(22)27(30)35)26(33-37-29)24-18(2)32-34(19(24)3)20-12-5-4-6-13-20/h4-16H,1-3H3,(H2,30,35)(H,31,36). The maximum atomic E-state index is 13.2. The van der Waals surface area contributed by atoms with Gasteiger partial charge in [0.2, 0.25) is 11.8 Å². The molecule has 0 radical (unpaired) electrons. The molecule has 5 aromatic rings. The van der Waals surface area contributed by atoms with Gasteiger partial charge in [-0.05, 0) is 50.6 Å². The average molecular weight is 492 g/mol. The third kappa shape index (κ3) is 4.29. The highest BCUT2D eigenvalue weighted by Gasteiger charge is 2.28. The topological polar surface area (TPSA) is 116 Å². The number of nitrogens with one attached hydrogen (secondary N) is 1. The van der Waals surface area contributed by atoms with Crippen molar-refractivity contribution >= 4 is 17.7 Å². The van der Waals surface area contributed by atoms with E-state index in [0.717, 1.165) is 22.5 Å². The fraction of sp³-hybridized carbons (Fsp3) is 0.103. The number of hydrogen-bond donors (Lipinski definition) is 2. The van der Waals surface area contributed by atoms with Crippen molar-refractivity contribution in [2.75, 3.05) is 5.32 Å². The zero-order valence-corrected chi connectivity index (χ0v) is 20.6. The van der Waals surface area contributed by atoms with Crippen LogP contribution in [0.2, 0.25) is 0 Å². The molecule has 2 aromatic heterocycles. The van der Waals surface area contributed by atoms with Gasteiger partial charge in [-0.3, -0.25) is 14.9 Å². The maximum absolute atomic E-state index is 13.2. The summed E-state index contributed by atoms with van der Waals surface area (Å²) in [5.74, 6) is -0.845. The molecule has 0 unspecified atom stereocenters. The number of para-hydroxylation sites is 1. The van der Waals surface area contributed by atoms with Gasteiger partial charge in [-0.15, -0.1) is 0 Å². The van der Waals surface area contributed by atoms with E-state index in [9.17, 15) is 9.59 Å². The summed E-state index contributed by atoms with van der Waals surface area (Å²) in [6.45, 7) is 5.67. The molecule has 8 nitrogen and oxygen atoms in total. The van der Waals surface area contributed by atoms with E-state index in [1.165, 1.54) is 0 Å². The zero-order valence-electron chi connectivity index (χ0n) is 20.6. The lowest BCUT2D eigenvalue weighted by Gasteiger charge is -2.11. The smallest absolute Gasteiger partial charge is 0.258 e. The Hall–Kier alpha value is -4.98. The van der Waals surface area contributed by atoms with E-state index in [-0.39, 0.29) is 17.4 Å². The number of primary amides is 1. The Morgan fingerprint density at radius 1 is 0.838 bits per heavy atom. The summed E-state index contributed by atoms with van der Waals surface area (Å²) in [6.07, 6.45) is 0. The van der Waals surface area contributed by atoms with Crippen LogP contribution in [-0.4, -0.2) is 26.8 Å². The SMILES string of the molecule is Cc1ccccc1C(=O)Nc1onc(-c2c(C)nn(-c3ccccc3)c2C)c1-c1ccccc1C(N)=O. The molecule has 3 N–H and O–H groups in total. The number of hydrogen-bond acceptors (Lipinski definition) is 5. The lowest BCUT2D eigenvalue weighted by atomic mass is 9.95. The summed E-state index contributed by atoms with van der Waals surface area (Å²) in [6, 6.07) is 23.9. The summed E-state index contributed by atoms with van der Waals surface area (Å²) >= 11 is 0. The number of carbonyl (C=O) groups is 2. The molecule has 3 aromatic carbocycles. The molecule has 0 saturated heterocycles. The summed E-state index contributed by atoms with van der Waals surface area (Å²) in [5.41, 5.74) is 11.9. The lowest BCUT2D eigenvalue weighted by Crippen LogP contribution is -2.15. The van der Waals surface area contributed by atoms with Crippen LogP contribution in [0.15, 0.2) is 83.4 Å². The van der Waals surface area contributed by atoms with Gasteiger partial charge in [-0.2, -0.15) is 5.10 Å². The van der Waals surface area contributed by atoms with Crippen LogP contribution in [0, 0.1) is 20.8 Å². The van der Waals surface area contributed by atoms with Crippen LogP contribution in [-0.2, 0) is 0 Å². The van der Waals surface area contributed by atoms with Crippen molar-refractivity contribution in [3.05, 3.63) is 107 Å². The number of amides is 2. The predicted octanol–water partition coefficient (Wildman–Crippen LogP) is 5.47. The van der Waals surface area contributed by atoms with Gasteiger partial charge in [0.1, 0.15) is 5.69 Å². The Bertz CT molecular complexity index is 1630. The minimum absolute atomic E-state index is 0.114. The van der Waals surface area contributed by atoms with Crippen LogP contribution in [0.5, 0.6) is 0 Å². The second-order valence-corrected chi connectivity index (χ2v) is 8.71. The summed E-state index contributed by atoms with van der Waals surface area (Å²) in [4.78, 5) is 25.6. The van der Waals surface area contributed by atoms with E-state index in [4.69, 9.17) is 15.4 Å². The number of carbonyl (C=O) groups excluding carboxylic acids is 2. The highest BCUT2D eigenvalue weighted by molar-refractivity contribution is 6.09. The Morgan fingerprint density at radius 3 is 2.19 bits per heavy atom. The fourth-order valence-electron chi connectivity index (χ4n) is 4.52. The van der Waals surface area contributed by atoms with Crippen LogP contribution in [0.1, 0.15) is 37.7 Å². The molecule has 0 spiro atoms. The van der Waals surface area contributed by atoms with Crippen LogP contribution >= 0.6 is 0 Å². The van der Waals surface area contributed by atoms with Gasteiger partial charge in [0.25, 0.3) is 5.91 Å². The molecule has 184 valence electrons. The summed E-state index contributed by atoms with van der Waals surface area (Å²) < 4.78 is 7.55. The third-order valence-corrected chi connectivity index (χ3v) is 6.30. The van der Waals surface area contributed by atoms with Crippen LogP contribution in [0.25, 0.3) is 28.1 Å². The summed E-state index contributed by atoms with van der Waals surface area (Å²) in [7, 11) is 0. The highest BCUT2D eigenvalue weighted by Crippen LogP contribution is 2.42. The van der Waals surface area contributed by atoms with Gasteiger partial charge in [-0.1, -0.05) is 59.8 Å². The first-order valence-electron chi connectivity index (χ1n) is 11.7. The van der Waals surface area contributed by atoms with E-state index < -0.39 is 5.91 Å². The van der Waals surface area contributed by atoms with Gasteiger partial charge in [0.15, 0.2) is 0 Å². The number of benzene rings is 3. The van der Waals surface area contributed by atoms with Gasteiger partial charge >= 0.3 is 0 Å². The average Bonchev–Trinajstić information content (AvgIpc) is 3.43. The Morgan fingerprint density at radius 2 is 1.49 bits per heavy atom. The van der Waals surface area contributed by atoms with Gasteiger partial charge < -0.3 is 10.3 Å². The minimum Gasteiger partial charge on any atom is -0.366 e. The quantitative estimate of drug-likeness (QED) is 0.327. The molecule has 2 amide bonds. The molecule has 37 heavy (non-hydrogen) atoms. The summed E-state index contributed by atoms with van der Waals surface area (Å²) in [5, 5.41) is 12.0. The Balaban J connectivity index is 1.71. The second kappa shape index (κ2) is 9.58. The van der Waals surface area contributed by atoms with Crippen LogP contribution < -0.4 is 11.1 Å². The van der Waals surface area contributed by atoms with E-state index >= 15 is 0 Å². The van der Waals surface area contributed by atoms with E-state index in [1.54, 1.807) is 36.4 Å². The fourth-order valence-corrected chi connectivity index (χ4v) is 4.52. The largest absolute Gasteiger partial charge is 0.366 e. The van der Waals surface area contributed by atoms with E-state index in [2.05, 4.69) is 10.5 Å². The van der Waals surface area contributed by atoms with Crippen molar-refractivity contribution in [1.29, 1.82) is 0 Å². The van der Waals surface area contributed by atoms with Crippen molar-refractivity contribution in [2.45, 2.75) is 20.8 Å². The third-order valence-electron chi connectivity index (χ3n) is 6.30. The van der Waals surface area contributed by atoms with Gasteiger partial charge in [0.05, 0.1) is 22.6 Å². The second-order valence-electron chi connectivity index (χ2n) is 8.71. The molecule has 0 saturated carbocycles. The monoisotopic (exact) mass is 491 g/mol. The first-order chi connectivity index (χ1) is 17.9. The van der Waals surface area contributed by atoms with Crippen molar-refractivity contribution in [3.63, 3.8) is 0 Å². The van der Waals surface area contributed by atoms with Crippen LogP contribution in [0.3, 0.4) is 0 Å². The number of aromatic nitrogens is 3. The molecular weight excluding hydrogens is 466 g/mol. The molecule has 0 aliphatic heterocycles. The molecular formula is C29H25N5O3. The molecule has 5 rings (SSSR count). The van der Waals surface area contributed by atoms with Gasteiger partial charge in [0, 0.05) is 22.3 Å². The molecule has 0 atom stereocenters. The van der Waals surface area contributed by atoms with Crippen molar-refractivity contribution < 1.29 is 14.1 Å². The molecule has 0 fully saturated rings. The number of anilines is 1. The van der Waals surface area contributed by atoms with E-state index in [0.29, 0.717) is 28.1 Å². The van der Waals surface area contributed by atoms with Crippen molar-refractivity contribution in [1.82, 2.24) is 14.9 Å². The Labute approximate surface area is 213 Å². The zero-order chi connectivity index (χ0) is 26.1. The number of nitrogens with zero attached hydrogens (tertiary/aromatic N) is 3. The lowest BCUT2D eigenvalue weighted by molar-refractivity contribution is 0.0998. The normalized spacial score (nSPS) is 10.9. The predicted molar refractivity (Wildman–Crippen MR) is 142 cm³/mol. The number of rotatable bonds is 6. The molecule has 0 aliphatic carbocycles. The maximum Gasteiger partial charge on any atom is 0.258 e. The molecule has 8 heteroatoms. The number of nitrogens with two attached hydrogens (primary N) is 1.